The van der Waals surface area contributed by atoms with Gasteiger partial charge in [-0.15, -0.1) is 11.3 Å². The molecule has 0 saturated heterocycles. The highest BCUT2D eigenvalue weighted by molar-refractivity contribution is 7.14. The van der Waals surface area contributed by atoms with E-state index in [0.717, 1.165) is 49.4 Å². The maximum atomic E-state index is 13.5. The van der Waals surface area contributed by atoms with Crippen LogP contribution in [-0.2, 0) is 17.6 Å². The molecule has 3 nitrogen and oxygen atoms in total. The first-order valence-corrected chi connectivity index (χ1v) is 8.13. The average molecular weight is 336 g/mol. The van der Waals surface area contributed by atoms with Crippen LogP contribution in [0.3, 0.4) is 0 Å². The molecule has 23 heavy (non-hydrogen) atoms. The Morgan fingerprint density at radius 1 is 1.13 bits per heavy atom. The third-order valence-electron chi connectivity index (χ3n) is 3.76. The zero-order chi connectivity index (χ0) is 16.4. The van der Waals surface area contributed by atoms with Crippen molar-refractivity contribution in [3.63, 3.8) is 0 Å². The fourth-order valence-corrected chi connectivity index (χ4v) is 3.73. The van der Waals surface area contributed by atoms with Gasteiger partial charge in [0.2, 0.25) is 5.78 Å². The van der Waals surface area contributed by atoms with Crippen LogP contribution in [0.1, 0.15) is 43.3 Å². The molecule has 120 valence electrons. The first-order chi connectivity index (χ1) is 11.0. The van der Waals surface area contributed by atoms with Crippen molar-refractivity contribution < 1.29 is 23.1 Å². The number of thiophene rings is 1. The minimum atomic E-state index is -0.834. The summed E-state index contributed by atoms with van der Waals surface area (Å²) in [4.78, 5) is 25.5. The van der Waals surface area contributed by atoms with Gasteiger partial charge in [0, 0.05) is 4.88 Å². The molecule has 0 N–H and O–H groups in total. The fraction of sp³-hybridized carbons (Fsp3) is 0.294. The van der Waals surface area contributed by atoms with E-state index in [9.17, 15) is 18.4 Å². The van der Waals surface area contributed by atoms with Crippen molar-refractivity contribution >= 4 is 23.1 Å². The fourth-order valence-electron chi connectivity index (χ4n) is 2.58. The van der Waals surface area contributed by atoms with E-state index >= 15 is 0 Å². The smallest absolute Gasteiger partial charge is 0.348 e. The Balaban J connectivity index is 1.65. The Kier molecular flexibility index (Phi) is 4.52. The van der Waals surface area contributed by atoms with Gasteiger partial charge in [-0.2, -0.15) is 0 Å². The normalized spacial score (nSPS) is 13.5. The number of hydrogen-bond donors (Lipinski definition) is 0. The molecule has 0 unspecified atom stereocenters. The first kappa shape index (κ1) is 15.8. The molecule has 0 atom stereocenters. The lowest BCUT2D eigenvalue weighted by molar-refractivity contribution is 0.0478. The summed E-state index contributed by atoms with van der Waals surface area (Å²) in [5.74, 6) is -2.92. The number of esters is 1. The predicted octanol–water partition coefficient (Wildman–Crippen LogP) is 3.94. The van der Waals surface area contributed by atoms with Gasteiger partial charge < -0.3 is 4.74 Å². The number of carbonyl (C=O) groups excluding carboxylic acids is 2. The van der Waals surface area contributed by atoms with Gasteiger partial charge in [0.25, 0.3) is 0 Å². The number of rotatable bonds is 4. The van der Waals surface area contributed by atoms with Crippen LogP contribution in [0, 0.1) is 11.6 Å². The van der Waals surface area contributed by atoms with Gasteiger partial charge in [-0.05, 0) is 55.5 Å². The number of ketones is 1. The summed E-state index contributed by atoms with van der Waals surface area (Å²) in [6, 6.07) is 4.40. The summed E-state index contributed by atoms with van der Waals surface area (Å²) in [5.41, 5.74) is 0.749. The topological polar surface area (TPSA) is 43.4 Å². The Hall–Kier alpha value is -2.08. The van der Waals surface area contributed by atoms with E-state index in [1.54, 1.807) is 6.07 Å². The van der Waals surface area contributed by atoms with E-state index in [-0.39, 0.29) is 0 Å². The Labute approximate surface area is 135 Å². The van der Waals surface area contributed by atoms with Gasteiger partial charge in [-0.25, -0.2) is 13.6 Å². The standard InChI is InChI=1S/C17H14F2O3S/c18-11-5-6-13(19)12(8-11)14(20)9-22-17(21)16-7-10-3-1-2-4-15(10)23-16/h5-8H,1-4,9H2. The van der Waals surface area contributed by atoms with Crippen molar-refractivity contribution in [3.05, 3.63) is 56.8 Å². The van der Waals surface area contributed by atoms with Crippen LogP contribution >= 0.6 is 11.3 Å². The molecule has 6 heteroatoms. The summed E-state index contributed by atoms with van der Waals surface area (Å²) in [5, 5.41) is 0. The second-order valence-electron chi connectivity index (χ2n) is 5.39. The minimum Gasteiger partial charge on any atom is -0.453 e. The second-order valence-corrected chi connectivity index (χ2v) is 6.53. The summed E-state index contributed by atoms with van der Waals surface area (Å²) in [6.07, 6.45) is 4.13. The van der Waals surface area contributed by atoms with Crippen LogP contribution < -0.4 is 0 Å². The molecule has 3 rings (SSSR count). The number of ether oxygens (including phenoxy) is 1. The third kappa shape index (κ3) is 3.47. The Morgan fingerprint density at radius 3 is 2.70 bits per heavy atom. The van der Waals surface area contributed by atoms with E-state index in [4.69, 9.17) is 4.74 Å². The highest BCUT2D eigenvalue weighted by Crippen LogP contribution is 2.30. The summed E-state index contributed by atoms with van der Waals surface area (Å²) >= 11 is 1.38. The monoisotopic (exact) mass is 336 g/mol. The SMILES string of the molecule is O=C(OCC(=O)c1cc(F)ccc1F)c1cc2c(s1)CCCC2. The van der Waals surface area contributed by atoms with Crippen molar-refractivity contribution in [1.82, 2.24) is 0 Å². The number of benzene rings is 1. The zero-order valence-corrected chi connectivity index (χ0v) is 13.1. The van der Waals surface area contributed by atoms with E-state index in [1.807, 2.05) is 0 Å². The van der Waals surface area contributed by atoms with E-state index in [1.165, 1.54) is 16.2 Å². The molecule has 0 fully saturated rings. The molecule has 0 spiro atoms. The lowest BCUT2D eigenvalue weighted by atomic mass is 9.99. The molecule has 0 aliphatic heterocycles. The molecule has 0 saturated carbocycles. The molecule has 1 aliphatic carbocycles. The molecule has 2 aromatic rings. The highest BCUT2D eigenvalue weighted by atomic mass is 32.1. The lowest BCUT2D eigenvalue weighted by Crippen LogP contribution is -2.15. The predicted molar refractivity (Wildman–Crippen MR) is 81.9 cm³/mol. The third-order valence-corrected chi connectivity index (χ3v) is 4.98. The summed E-state index contributed by atoms with van der Waals surface area (Å²) in [7, 11) is 0. The van der Waals surface area contributed by atoms with Gasteiger partial charge in [0.15, 0.2) is 6.61 Å². The summed E-state index contributed by atoms with van der Waals surface area (Å²) < 4.78 is 31.5. The molecule has 1 aliphatic rings. The van der Waals surface area contributed by atoms with Crippen molar-refractivity contribution in [2.24, 2.45) is 0 Å². The van der Waals surface area contributed by atoms with Gasteiger partial charge in [0.1, 0.15) is 16.5 Å². The largest absolute Gasteiger partial charge is 0.453 e. The molecule has 1 aromatic heterocycles. The Bertz CT molecular complexity index is 744. The molecule has 1 heterocycles. The van der Waals surface area contributed by atoms with Gasteiger partial charge in [-0.1, -0.05) is 0 Å². The lowest BCUT2D eigenvalue weighted by Gasteiger charge is -2.08. The number of hydrogen-bond acceptors (Lipinski definition) is 4. The van der Waals surface area contributed by atoms with Gasteiger partial charge in [0.05, 0.1) is 5.56 Å². The second kappa shape index (κ2) is 6.58. The average Bonchev–Trinajstić information content (AvgIpc) is 2.98. The van der Waals surface area contributed by atoms with Crippen LogP contribution in [0.25, 0.3) is 0 Å². The van der Waals surface area contributed by atoms with Gasteiger partial charge in [-0.3, -0.25) is 4.79 Å². The zero-order valence-electron chi connectivity index (χ0n) is 12.2. The minimum absolute atomic E-state index is 0.414. The molecule has 0 amide bonds. The maximum Gasteiger partial charge on any atom is 0.348 e. The van der Waals surface area contributed by atoms with Crippen LogP contribution in [0.2, 0.25) is 0 Å². The van der Waals surface area contributed by atoms with Crippen molar-refractivity contribution in [2.75, 3.05) is 6.61 Å². The van der Waals surface area contributed by atoms with E-state index in [2.05, 4.69) is 0 Å². The molecular formula is C17H14F2O3S. The van der Waals surface area contributed by atoms with Crippen LogP contribution in [0.4, 0.5) is 8.78 Å². The Morgan fingerprint density at radius 2 is 1.91 bits per heavy atom. The number of halogens is 2. The van der Waals surface area contributed by atoms with E-state index in [0.29, 0.717) is 4.88 Å². The number of fused-ring (bicyclic) bond motifs is 1. The first-order valence-electron chi connectivity index (χ1n) is 7.31. The molecule has 0 radical (unpaired) electrons. The van der Waals surface area contributed by atoms with E-state index < -0.39 is 35.6 Å². The quantitative estimate of drug-likeness (QED) is 0.627. The highest BCUT2D eigenvalue weighted by Gasteiger charge is 2.20. The van der Waals surface area contributed by atoms with Crippen LogP contribution in [-0.4, -0.2) is 18.4 Å². The summed E-state index contributed by atoms with van der Waals surface area (Å²) in [6.45, 7) is -0.609. The van der Waals surface area contributed by atoms with Crippen molar-refractivity contribution in [1.29, 1.82) is 0 Å². The van der Waals surface area contributed by atoms with Gasteiger partial charge >= 0.3 is 5.97 Å². The molecular weight excluding hydrogens is 322 g/mol. The van der Waals surface area contributed by atoms with Crippen molar-refractivity contribution in [2.45, 2.75) is 25.7 Å². The molecule has 1 aromatic carbocycles. The molecule has 0 bridgehead atoms. The van der Waals surface area contributed by atoms with Crippen LogP contribution in [0.15, 0.2) is 24.3 Å². The number of aryl methyl sites for hydroxylation is 2. The van der Waals surface area contributed by atoms with Crippen molar-refractivity contribution in [3.8, 4) is 0 Å². The maximum absolute atomic E-state index is 13.5. The van der Waals surface area contributed by atoms with Crippen LogP contribution in [0.5, 0.6) is 0 Å². The number of Topliss-reactive ketones (excluding diaryl/α,β-unsaturated/α-hetero) is 1. The number of carbonyl (C=O) groups is 2.